The molecule has 1 heterocycles. The van der Waals surface area contributed by atoms with E-state index in [1.807, 2.05) is 13.8 Å². The minimum atomic E-state index is -0.564. The molecule has 3 aromatic rings. The van der Waals surface area contributed by atoms with Gasteiger partial charge in [0.1, 0.15) is 11.6 Å². The lowest BCUT2D eigenvalue weighted by atomic mass is 10.1. The number of thioether (sulfide) groups is 1. The SMILES string of the molecule is C=CCn1c(SC(C(=O)Nc2ccccc2F)C(C)C)nnc1-c1ccccc1F. The number of allylic oxidation sites excluding steroid dienone is 1. The number of carbonyl (C=O) groups excluding carboxylic acids is 1. The van der Waals surface area contributed by atoms with Gasteiger partial charge in [-0.05, 0) is 30.2 Å². The molecule has 0 aliphatic rings. The average molecular weight is 429 g/mol. The van der Waals surface area contributed by atoms with Crippen molar-refractivity contribution in [3.63, 3.8) is 0 Å². The van der Waals surface area contributed by atoms with Crippen molar-refractivity contribution < 1.29 is 13.6 Å². The van der Waals surface area contributed by atoms with Crippen molar-refractivity contribution in [2.45, 2.75) is 30.8 Å². The number of para-hydroxylation sites is 1. The molecule has 156 valence electrons. The molecule has 1 amide bonds. The van der Waals surface area contributed by atoms with Gasteiger partial charge in [-0.15, -0.1) is 16.8 Å². The van der Waals surface area contributed by atoms with Gasteiger partial charge in [0.05, 0.1) is 16.5 Å². The molecule has 0 radical (unpaired) electrons. The first-order valence-corrected chi connectivity index (χ1v) is 10.3. The van der Waals surface area contributed by atoms with Crippen LogP contribution in [-0.2, 0) is 11.3 Å². The van der Waals surface area contributed by atoms with Crippen molar-refractivity contribution in [1.82, 2.24) is 14.8 Å². The smallest absolute Gasteiger partial charge is 0.238 e. The van der Waals surface area contributed by atoms with E-state index in [0.29, 0.717) is 23.1 Å². The summed E-state index contributed by atoms with van der Waals surface area (Å²) in [5, 5.41) is 10.9. The molecule has 0 aliphatic heterocycles. The van der Waals surface area contributed by atoms with Gasteiger partial charge in [0, 0.05) is 6.54 Å². The summed E-state index contributed by atoms with van der Waals surface area (Å²) in [4.78, 5) is 12.9. The second kappa shape index (κ2) is 9.67. The Labute approximate surface area is 178 Å². The molecule has 1 aromatic heterocycles. The van der Waals surface area contributed by atoms with Crippen molar-refractivity contribution in [1.29, 1.82) is 0 Å². The highest BCUT2D eigenvalue weighted by atomic mass is 32.2. The van der Waals surface area contributed by atoms with E-state index < -0.39 is 16.9 Å². The first-order valence-electron chi connectivity index (χ1n) is 9.43. The second-order valence-electron chi connectivity index (χ2n) is 6.94. The summed E-state index contributed by atoms with van der Waals surface area (Å²) >= 11 is 1.20. The average Bonchev–Trinajstić information content (AvgIpc) is 3.10. The number of benzene rings is 2. The Morgan fingerprint density at radius 3 is 2.43 bits per heavy atom. The fourth-order valence-electron chi connectivity index (χ4n) is 2.88. The Morgan fingerprint density at radius 2 is 1.80 bits per heavy atom. The van der Waals surface area contributed by atoms with E-state index in [2.05, 4.69) is 22.1 Å². The van der Waals surface area contributed by atoms with E-state index in [0.717, 1.165) is 0 Å². The van der Waals surface area contributed by atoms with Crippen LogP contribution in [0.15, 0.2) is 66.3 Å². The van der Waals surface area contributed by atoms with E-state index in [9.17, 15) is 13.6 Å². The highest BCUT2D eigenvalue weighted by molar-refractivity contribution is 8.00. The van der Waals surface area contributed by atoms with Gasteiger partial charge in [-0.1, -0.05) is 56.0 Å². The highest BCUT2D eigenvalue weighted by Crippen LogP contribution is 2.32. The van der Waals surface area contributed by atoms with Crippen LogP contribution in [0.2, 0.25) is 0 Å². The number of nitrogens with zero attached hydrogens (tertiary/aromatic N) is 3. The third kappa shape index (κ3) is 4.76. The largest absolute Gasteiger partial charge is 0.323 e. The summed E-state index contributed by atoms with van der Waals surface area (Å²) in [6.07, 6.45) is 1.65. The first kappa shape index (κ1) is 21.7. The van der Waals surface area contributed by atoms with Crippen LogP contribution < -0.4 is 5.32 Å². The van der Waals surface area contributed by atoms with E-state index >= 15 is 0 Å². The van der Waals surface area contributed by atoms with Crippen LogP contribution in [-0.4, -0.2) is 25.9 Å². The summed E-state index contributed by atoms with van der Waals surface area (Å²) < 4.78 is 29.9. The van der Waals surface area contributed by atoms with E-state index in [-0.39, 0.29) is 17.5 Å². The summed E-state index contributed by atoms with van der Waals surface area (Å²) in [5.41, 5.74) is 0.434. The normalized spacial score (nSPS) is 12.0. The molecule has 2 aromatic carbocycles. The number of hydrogen-bond acceptors (Lipinski definition) is 4. The van der Waals surface area contributed by atoms with Crippen LogP contribution in [0.4, 0.5) is 14.5 Å². The zero-order chi connectivity index (χ0) is 21.7. The molecule has 1 N–H and O–H groups in total. The minimum Gasteiger partial charge on any atom is -0.323 e. The molecule has 0 fully saturated rings. The molecular formula is C22H22F2N4OS. The molecule has 8 heteroatoms. The third-order valence-corrected chi connectivity index (χ3v) is 5.90. The van der Waals surface area contributed by atoms with E-state index in [1.54, 1.807) is 41.0 Å². The van der Waals surface area contributed by atoms with Gasteiger partial charge < -0.3 is 5.32 Å². The number of rotatable bonds is 8. The lowest BCUT2D eigenvalue weighted by Crippen LogP contribution is -2.30. The van der Waals surface area contributed by atoms with Crippen LogP contribution in [0.25, 0.3) is 11.4 Å². The van der Waals surface area contributed by atoms with Crippen molar-refractivity contribution in [2.75, 3.05) is 5.32 Å². The van der Waals surface area contributed by atoms with Gasteiger partial charge in [0.25, 0.3) is 0 Å². The van der Waals surface area contributed by atoms with Crippen molar-refractivity contribution in [2.24, 2.45) is 5.92 Å². The summed E-state index contributed by atoms with van der Waals surface area (Å²) in [6.45, 7) is 7.88. The standard InChI is InChI=1S/C22H22F2N4OS/c1-4-13-28-20(15-9-5-6-10-16(15)23)26-27-22(28)30-19(14(2)3)21(29)25-18-12-8-7-11-17(18)24/h4-12,14,19H,1,13H2,2-3H3,(H,25,29). The molecule has 0 saturated carbocycles. The minimum absolute atomic E-state index is 0.0763. The van der Waals surface area contributed by atoms with E-state index in [1.165, 1.54) is 30.0 Å². The monoisotopic (exact) mass is 428 g/mol. The molecule has 0 bridgehead atoms. The molecule has 0 saturated heterocycles. The topological polar surface area (TPSA) is 59.8 Å². The number of aromatic nitrogens is 3. The van der Waals surface area contributed by atoms with Crippen molar-refractivity contribution >= 4 is 23.4 Å². The Morgan fingerprint density at radius 1 is 1.13 bits per heavy atom. The molecule has 3 rings (SSSR count). The predicted molar refractivity (Wildman–Crippen MR) is 115 cm³/mol. The highest BCUT2D eigenvalue weighted by Gasteiger charge is 2.28. The molecule has 0 spiro atoms. The van der Waals surface area contributed by atoms with Crippen LogP contribution in [0.3, 0.4) is 0 Å². The second-order valence-corrected chi connectivity index (χ2v) is 8.05. The Bertz CT molecular complexity index is 1050. The van der Waals surface area contributed by atoms with Crippen LogP contribution in [0, 0.1) is 17.6 Å². The maximum Gasteiger partial charge on any atom is 0.238 e. The maximum atomic E-state index is 14.3. The van der Waals surface area contributed by atoms with Crippen LogP contribution in [0.5, 0.6) is 0 Å². The lowest BCUT2D eigenvalue weighted by molar-refractivity contribution is -0.116. The van der Waals surface area contributed by atoms with Gasteiger partial charge in [-0.3, -0.25) is 9.36 Å². The maximum absolute atomic E-state index is 14.3. The summed E-state index contributed by atoms with van der Waals surface area (Å²) in [7, 11) is 0. The van der Waals surface area contributed by atoms with Gasteiger partial charge in [-0.2, -0.15) is 0 Å². The molecular weight excluding hydrogens is 406 g/mol. The number of carbonyl (C=O) groups is 1. The van der Waals surface area contributed by atoms with Gasteiger partial charge in [-0.25, -0.2) is 8.78 Å². The van der Waals surface area contributed by atoms with Crippen LogP contribution >= 0.6 is 11.8 Å². The van der Waals surface area contributed by atoms with Crippen molar-refractivity contribution in [3.05, 3.63) is 72.8 Å². The van der Waals surface area contributed by atoms with Crippen LogP contribution in [0.1, 0.15) is 13.8 Å². The number of halogens is 2. The van der Waals surface area contributed by atoms with Crippen molar-refractivity contribution in [3.8, 4) is 11.4 Å². The molecule has 5 nitrogen and oxygen atoms in total. The zero-order valence-corrected chi connectivity index (χ0v) is 17.5. The van der Waals surface area contributed by atoms with Gasteiger partial charge in [0.15, 0.2) is 11.0 Å². The van der Waals surface area contributed by atoms with Gasteiger partial charge in [0.2, 0.25) is 5.91 Å². The fourth-order valence-corrected chi connectivity index (χ4v) is 3.93. The molecule has 0 aliphatic carbocycles. The van der Waals surface area contributed by atoms with Gasteiger partial charge >= 0.3 is 0 Å². The lowest BCUT2D eigenvalue weighted by Gasteiger charge is -2.20. The summed E-state index contributed by atoms with van der Waals surface area (Å²) in [6, 6.07) is 12.3. The quantitative estimate of drug-likeness (QED) is 0.397. The first-order chi connectivity index (χ1) is 14.4. The molecule has 1 unspecified atom stereocenters. The Kier molecular flexibility index (Phi) is 6.99. The predicted octanol–water partition coefficient (Wildman–Crippen LogP) is 5.16. The fraction of sp³-hybridized carbons (Fsp3) is 0.227. The number of amides is 1. The molecule has 30 heavy (non-hydrogen) atoms. The molecule has 1 atom stereocenters. The summed E-state index contributed by atoms with van der Waals surface area (Å²) in [5.74, 6) is -0.986. The zero-order valence-electron chi connectivity index (χ0n) is 16.7. The number of anilines is 1. The number of hydrogen-bond donors (Lipinski definition) is 1. The number of nitrogens with one attached hydrogen (secondary N) is 1. The van der Waals surface area contributed by atoms with E-state index in [4.69, 9.17) is 0 Å². The Balaban J connectivity index is 1.90. The Hall–Kier alpha value is -3.00. The third-order valence-electron chi connectivity index (χ3n) is 4.37.